The summed E-state index contributed by atoms with van der Waals surface area (Å²) in [5, 5.41) is 0. The first-order chi connectivity index (χ1) is 9.92. The number of halogens is 1. The number of anilines is 2. The second-order valence-electron chi connectivity index (χ2n) is 4.25. The summed E-state index contributed by atoms with van der Waals surface area (Å²) in [5.74, 6) is 0.605. The lowest BCUT2D eigenvalue weighted by Crippen LogP contribution is -2.13. The van der Waals surface area contributed by atoms with E-state index in [-0.39, 0.29) is 4.90 Å². The molecule has 0 aliphatic heterocycles. The molecule has 5 nitrogen and oxygen atoms in total. The molecule has 7 heteroatoms. The number of hydrogen-bond donors (Lipinski definition) is 2. The van der Waals surface area contributed by atoms with Gasteiger partial charge in [0.1, 0.15) is 5.75 Å². The molecule has 2 aromatic rings. The van der Waals surface area contributed by atoms with Crippen LogP contribution in [0, 0.1) is 0 Å². The van der Waals surface area contributed by atoms with E-state index in [1.807, 2.05) is 6.92 Å². The highest BCUT2D eigenvalue weighted by molar-refractivity contribution is 9.10. The van der Waals surface area contributed by atoms with Crippen molar-refractivity contribution in [1.29, 1.82) is 0 Å². The molecule has 2 aromatic carbocycles. The molecule has 0 heterocycles. The molecule has 0 radical (unpaired) electrons. The van der Waals surface area contributed by atoms with Gasteiger partial charge in [-0.1, -0.05) is 6.07 Å². The first-order valence-electron chi connectivity index (χ1n) is 6.23. The van der Waals surface area contributed by atoms with Crippen molar-refractivity contribution in [1.82, 2.24) is 0 Å². The summed E-state index contributed by atoms with van der Waals surface area (Å²) in [7, 11) is -3.69. The van der Waals surface area contributed by atoms with Gasteiger partial charge in [0.2, 0.25) is 0 Å². The Bertz CT molecular complexity index is 748. The zero-order valence-corrected chi connectivity index (χ0v) is 13.7. The molecule has 0 bridgehead atoms. The molecule has 0 amide bonds. The van der Waals surface area contributed by atoms with E-state index in [1.54, 1.807) is 30.3 Å². The van der Waals surface area contributed by atoms with Crippen molar-refractivity contribution < 1.29 is 13.2 Å². The topological polar surface area (TPSA) is 81.4 Å². The van der Waals surface area contributed by atoms with Gasteiger partial charge in [-0.2, -0.15) is 0 Å². The van der Waals surface area contributed by atoms with Gasteiger partial charge in [0, 0.05) is 16.2 Å². The third-order valence-electron chi connectivity index (χ3n) is 2.68. The first-order valence-corrected chi connectivity index (χ1v) is 8.50. The molecule has 0 saturated carbocycles. The number of nitrogens with one attached hydrogen (secondary N) is 1. The maximum absolute atomic E-state index is 12.3. The van der Waals surface area contributed by atoms with Gasteiger partial charge in [0.05, 0.1) is 17.2 Å². The summed E-state index contributed by atoms with van der Waals surface area (Å²) >= 11 is 3.23. The van der Waals surface area contributed by atoms with Crippen LogP contribution in [0.25, 0.3) is 0 Å². The molecule has 0 unspecified atom stereocenters. The summed E-state index contributed by atoms with van der Waals surface area (Å²) in [4.78, 5) is 0.102. The molecule has 0 aromatic heterocycles. The summed E-state index contributed by atoms with van der Waals surface area (Å²) in [6, 6.07) is 11.2. The van der Waals surface area contributed by atoms with Gasteiger partial charge in [0.15, 0.2) is 0 Å². The SMILES string of the molecule is CCOc1cccc(NS(=O)(=O)c2ccc(Br)c(N)c2)c1. The molecule has 0 atom stereocenters. The summed E-state index contributed by atoms with van der Waals surface area (Å²) in [6.07, 6.45) is 0. The van der Waals surface area contributed by atoms with Crippen LogP contribution in [-0.4, -0.2) is 15.0 Å². The van der Waals surface area contributed by atoms with Crippen LogP contribution in [0.15, 0.2) is 51.8 Å². The molecular formula is C14H15BrN2O3S. The van der Waals surface area contributed by atoms with Crippen LogP contribution >= 0.6 is 15.9 Å². The van der Waals surface area contributed by atoms with Crippen molar-refractivity contribution in [3.63, 3.8) is 0 Å². The van der Waals surface area contributed by atoms with Gasteiger partial charge in [-0.15, -0.1) is 0 Å². The molecule has 0 aliphatic carbocycles. The maximum Gasteiger partial charge on any atom is 0.261 e. The monoisotopic (exact) mass is 370 g/mol. The number of rotatable bonds is 5. The predicted molar refractivity (Wildman–Crippen MR) is 87.0 cm³/mol. The summed E-state index contributed by atoms with van der Waals surface area (Å²) in [5.41, 5.74) is 6.51. The zero-order valence-electron chi connectivity index (χ0n) is 11.3. The van der Waals surface area contributed by atoms with Crippen LogP contribution in [0.5, 0.6) is 5.75 Å². The summed E-state index contributed by atoms with van der Waals surface area (Å²) in [6.45, 7) is 2.38. The van der Waals surface area contributed by atoms with Gasteiger partial charge in [-0.3, -0.25) is 4.72 Å². The minimum absolute atomic E-state index is 0.102. The van der Waals surface area contributed by atoms with Crippen LogP contribution < -0.4 is 15.2 Å². The average Bonchev–Trinajstić information content (AvgIpc) is 2.42. The minimum atomic E-state index is -3.69. The highest BCUT2D eigenvalue weighted by Crippen LogP contribution is 2.25. The van der Waals surface area contributed by atoms with Gasteiger partial charge in [-0.25, -0.2) is 8.42 Å². The fourth-order valence-electron chi connectivity index (χ4n) is 1.72. The number of nitrogen functional groups attached to an aromatic ring is 1. The average molecular weight is 371 g/mol. The van der Waals surface area contributed by atoms with Crippen LogP contribution in [0.4, 0.5) is 11.4 Å². The molecule has 0 aliphatic rings. The molecule has 21 heavy (non-hydrogen) atoms. The lowest BCUT2D eigenvalue weighted by molar-refractivity contribution is 0.340. The standard InChI is InChI=1S/C14H15BrN2O3S/c1-2-20-11-5-3-4-10(8-11)17-21(18,19)12-6-7-13(15)14(16)9-12/h3-9,17H,2,16H2,1H3. The third-order valence-corrected chi connectivity index (χ3v) is 4.78. The Morgan fingerprint density at radius 1 is 1.24 bits per heavy atom. The Labute approximate surface area is 132 Å². The van der Waals surface area contributed by atoms with Crippen LogP contribution in [0.1, 0.15) is 6.92 Å². The molecule has 0 saturated heterocycles. The van der Waals surface area contributed by atoms with Crippen molar-refractivity contribution in [2.24, 2.45) is 0 Å². The van der Waals surface area contributed by atoms with E-state index in [1.165, 1.54) is 12.1 Å². The quantitative estimate of drug-likeness (QED) is 0.791. The molecule has 2 rings (SSSR count). The smallest absolute Gasteiger partial charge is 0.261 e. The van der Waals surface area contributed by atoms with Crippen molar-refractivity contribution in [2.45, 2.75) is 11.8 Å². The molecular weight excluding hydrogens is 356 g/mol. The minimum Gasteiger partial charge on any atom is -0.494 e. The van der Waals surface area contributed by atoms with Crippen molar-refractivity contribution >= 4 is 37.3 Å². The fraction of sp³-hybridized carbons (Fsp3) is 0.143. The van der Waals surface area contributed by atoms with Gasteiger partial charge < -0.3 is 10.5 Å². The Kier molecular flexibility index (Phi) is 4.74. The van der Waals surface area contributed by atoms with E-state index in [4.69, 9.17) is 10.5 Å². The van der Waals surface area contributed by atoms with Crippen LogP contribution in [0.3, 0.4) is 0 Å². The van der Waals surface area contributed by atoms with E-state index in [0.29, 0.717) is 28.2 Å². The molecule has 112 valence electrons. The predicted octanol–water partition coefficient (Wildman–Crippen LogP) is 3.23. The van der Waals surface area contributed by atoms with Crippen molar-refractivity contribution in [2.75, 3.05) is 17.1 Å². The largest absolute Gasteiger partial charge is 0.494 e. The first kappa shape index (κ1) is 15.7. The zero-order chi connectivity index (χ0) is 15.5. The van der Waals surface area contributed by atoms with Gasteiger partial charge >= 0.3 is 0 Å². The third kappa shape index (κ3) is 3.89. The highest BCUT2D eigenvalue weighted by Gasteiger charge is 2.15. The number of nitrogens with two attached hydrogens (primary N) is 1. The fourth-order valence-corrected chi connectivity index (χ4v) is 3.05. The molecule has 0 fully saturated rings. The second-order valence-corrected chi connectivity index (χ2v) is 6.79. The Balaban J connectivity index is 2.28. The van der Waals surface area contributed by atoms with Gasteiger partial charge in [-0.05, 0) is 53.2 Å². The molecule has 3 N–H and O–H groups in total. The number of benzene rings is 2. The van der Waals surface area contributed by atoms with E-state index in [0.717, 1.165) is 0 Å². The highest BCUT2D eigenvalue weighted by atomic mass is 79.9. The Morgan fingerprint density at radius 3 is 2.67 bits per heavy atom. The molecule has 0 spiro atoms. The van der Waals surface area contributed by atoms with Crippen LogP contribution in [-0.2, 0) is 10.0 Å². The van der Waals surface area contributed by atoms with Crippen molar-refractivity contribution in [3.8, 4) is 5.75 Å². The lowest BCUT2D eigenvalue weighted by atomic mass is 10.3. The normalized spacial score (nSPS) is 11.1. The number of sulfonamides is 1. The Hall–Kier alpha value is -1.73. The van der Waals surface area contributed by atoms with E-state index < -0.39 is 10.0 Å². The van der Waals surface area contributed by atoms with Crippen LogP contribution in [0.2, 0.25) is 0 Å². The second kappa shape index (κ2) is 6.36. The van der Waals surface area contributed by atoms with Gasteiger partial charge in [0.25, 0.3) is 10.0 Å². The van der Waals surface area contributed by atoms with Crippen molar-refractivity contribution in [3.05, 3.63) is 46.9 Å². The lowest BCUT2D eigenvalue weighted by Gasteiger charge is -2.10. The van der Waals surface area contributed by atoms with E-state index in [2.05, 4.69) is 20.7 Å². The number of hydrogen-bond acceptors (Lipinski definition) is 4. The van der Waals surface area contributed by atoms with E-state index in [9.17, 15) is 8.42 Å². The van der Waals surface area contributed by atoms with E-state index >= 15 is 0 Å². The summed E-state index contributed by atoms with van der Waals surface area (Å²) < 4.78 is 33.1. The number of ether oxygens (including phenoxy) is 1. The maximum atomic E-state index is 12.3. The Morgan fingerprint density at radius 2 is 2.00 bits per heavy atom.